The summed E-state index contributed by atoms with van der Waals surface area (Å²) in [6.45, 7) is 2.33. The normalized spacial score (nSPS) is 15.6. The molecule has 1 aliphatic rings. The lowest BCUT2D eigenvalue weighted by Crippen LogP contribution is -2.27. The maximum atomic E-state index is 12.7. The second-order valence-electron chi connectivity index (χ2n) is 6.90. The Hall–Kier alpha value is -3.07. The van der Waals surface area contributed by atoms with Crippen LogP contribution < -0.4 is 0 Å². The van der Waals surface area contributed by atoms with Gasteiger partial charge in [-0.15, -0.1) is 0 Å². The fourth-order valence-electron chi connectivity index (χ4n) is 2.86. The van der Waals surface area contributed by atoms with E-state index in [4.69, 9.17) is 0 Å². The smallest absolute Gasteiger partial charge is 0.342 e. The number of carbonyl (C=O) groups excluding carboxylic acids is 3. The number of rotatable bonds is 5. The van der Waals surface area contributed by atoms with E-state index in [1.54, 1.807) is 42.3 Å². The van der Waals surface area contributed by atoms with E-state index in [0.29, 0.717) is 23.2 Å². The number of hydrogen-bond donors (Lipinski definition) is 0. The van der Waals surface area contributed by atoms with Gasteiger partial charge >= 0.3 is 6.18 Å². The molecule has 162 valence electrons. The van der Waals surface area contributed by atoms with Crippen LogP contribution in [0.15, 0.2) is 53.4 Å². The summed E-state index contributed by atoms with van der Waals surface area (Å²) in [5.74, 6) is -0.633. The van der Waals surface area contributed by atoms with Crippen molar-refractivity contribution in [3.63, 3.8) is 0 Å². The quantitative estimate of drug-likeness (QED) is 0.602. The van der Waals surface area contributed by atoms with E-state index in [-0.39, 0.29) is 17.4 Å². The molecule has 3 rings (SSSR count). The Morgan fingerprint density at radius 3 is 2.23 bits per heavy atom. The molecule has 0 unspecified atom stereocenters. The molecule has 3 amide bonds. The van der Waals surface area contributed by atoms with Gasteiger partial charge < -0.3 is 4.90 Å². The van der Waals surface area contributed by atoms with Crippen molar-refractivity contribution in [2.24, 2.45) is 0 Å². The minimum absolute atomic E-state index is 0.114. The number of alkyl halides is 3. The maximum absolute atomic E-state index is 12.7. The van der Waals surface area contributed by atoms with E-state index in [2.05, 4.69) is 0 Å². The van der Waals surface area contributed by atoms with Crippen LogP contribution in [0.3, 0.4) is 0 Å². The van der Waals surface area contributed by atoms with Gasteiger partial charge in [0.1, 0.15) is 0 Å². The van der Waals surface area contributed by atoms with E-state index in [0.717, 1.165) is 28.8 Å². The van der Waals surface area contributed by atoms with Crippen LogP contribution in [0.5, 0.6) is 0 Å². The third kappa shape index (κ3) is 5.16. The molecule has 1 saturated heterocycles. The Kier molecular flexibility index (Phi) is 6.54. The first-order valence-corrected chi connectivity index (χ1v) is 10.2. The van der Waals surface area contributed by atoms with Crippen LogP contribution in [0.2, 0.25) is 0 Å². The van der Waals surface area contributed by atoms with Crippen molar-refractivity contribution in [2.75, 3.05) is 13.6 Å². The highest BCUT2D eigenvalue weighted by atomic mass is 32.2. The van der Waals surface area contributed by atoms with Gasteiger partial charge in [-0.2, -0.15) is 13.2 Å². The number of thioether (sulfide) groups is 1. The lowest BCUT2D eigenvalue weighted by atomic mass is 10.1. The Morgan fingerprint density at radius 2 is 1.68 bits per heavy atom. The van der Waals surface area contributed by atoms with Crippen LogP contribution in [0.1, 0.15) is 34.0 Å². The fourth-order valence-corrected chi connectivity index (χ4v) is 3.69. The number of hydrogen-bond acceptors (Lipinski definition) is 4. The summed E-state index contributed by atoms with van der Waals surface area (Å²) in [5.41, 5.74) is 0.782. The molecule has 0 atom stereocenters. The van der Waals surface area contributed by atoms with Gasteiger partial charge in [0.2, 0.25) is 0 Å². The summed E-state index contributed by atoms with van der Waals surface area (Å²) in [5, 5.41) is -0.493. The van der Waals surface area contributed by atoms with Crippen LogP contribution >= 0.6 is 11.8 Å². The molecule has 0 aliphatic carbocycles. The van der Waals surface area contributed by atoms with Gasteiger partial charge in [-0.25, -0.2) is 0 Å². The number of benzene rings is 2. The minimum Gasteiger partial charge on any atom is -0.342 e. The lowest BCUT2D eigenvalue weighted by Gasteiger charge is -2.14. The predicted octanol–water partition coefficient (Wildman–Crippen LogP) is 5.03. The number of imide groups is 1. The van der Waals surface area contributed by atoms with Crippen molar-refractivity contribution in [3.05, 3.63) is 75.7 Å². The van der Waals surface area contributed by atoms with Crippen molar-refractivity contribution in [3.8, 4) is 0 Å². The van der Waals surface area contributed by atoms with E-state index >= 15 is 0 Å². The zero-order valence-corrected chi connectivity index (χ0v) is 17.6. The van der Waals surface area contributed by atoms with Crippen molar-refractivity contribution in [1.82, 2.24) is 9.80 Å². The molecule has 9 heteroatoms. The van der Waals surface area contributed by atoms with Gasteiger partial charge in [0.25, 0.3) is 17.1 Å². The number of halogens is 3. The van der Waals surface area contributed by atoms with E-state index < -0.39 is 22.9 Å². The Balaban J connectivity index is 1.72. The summed E-state index contributed by atoms with van der Waals surface area (Å²) in [6.07, 6.45) is -2.90. The van der Waals surface area contributed by atoms with E-state index in [9.17, 15) is 27.6 Å². The van der Waals surface area contributed by atoms with Gasteiger partial charge in [0.15, 0.2) is 0 Å². The maximum Gasteiger partial charge on any atom is 0.416 e. The third-order valence-electron chi connectivity index (χ3n) is 4.77. The molecule has 1 fully saturated rings. The summed E-state index contributed by atoms with van der Waals surface area (Å²) >= 11 is 0.766. The predicted molar refractivity (Wildman–Crippen MR) is 112 cm³/mol. The largest absolute Gasteiger partial charge is 0.416 e. The molecular formula is C22H19F3N2O3S. The van der Waals surface area contributed by atoms with Gasteiger partial charge in [-0.1, -0.05) is 24.3 Å². The molecule has 2 aromatic rings. The zero-order chi connectivity index (χ0) is 22.8. The van der Waals surface area contributed by atoms with Gasteiger partial charge in [0.05, 0.1) is 17.0 Å². The van der Waals surface area contributed by atoms with Gasteiger partial charge in [-0.05, 0) is 60.2 Å². The van der Waals surface area contributed by atoms with Crippen LogP contribution in [0, 0.1) is 0 Å². The molecule has 0 bridgehead atoms. The molecular weight excluding hydrogens is 429 g/mol. The number of amides is 3. The minimum atomic E-state index is -4.45. The van der Waals surface area contributed by atoms with Crippen molar-refractivity contribution in [1.29, 1.82) is 0 Å². The topological polar surface area (TPSA) is 57.7 Å². The van der Waals surface area contributed by atoms with Gasteiger partial charge in [0, 0.05) is 19.2 Å². The average molecular weight is 448 g/mol. The first-order chi connectivity index (χ1) is 14.6. The fraction of sp³-hybridized carbons (Fsp3) is 0.227. The molecule has 0 saturated carbocycles. The highest BCUT2D eigenvalue weighted by Crippen LogP contribution is 2.34. The molecule has 0 aromatic heterocycles. The average Bonchev–Trinajstić information content (AvgIpc) is 3.00. The number of carbonyl (C=O) groups is 3. The summed E-state index contributed by atoms with van der Waals surface area (Å²) in [4.78, 5) is 39.8. The molecule has 31 heavy (non-hydrogen) atoms. The molecule has 5 nitrogen and oxygen atoms in total. The van der Waals surface area contributed by atoms with Crippen LogP contribution in [0.25, 0.3) is 6.08 Å². The van der Waals surface area contributed by atoms with Crippen LogP contribution in [-0.4, -0.2) is 40.4 Å². The van der Waals surface area contributed by atoms with Gasteiger partial charge in [-0.3, -0.25) is 19.3 Å². The molecule has 2 aromatic carbocycles. The first-order valence-electron chi connectivity index (χ1n) is 9.37. The van der Waals surface area contributed by atoms with Crippen molar-refractivity contribution in [2.45, 2.75) is 19.6 Å². The number of nitrogens with zero attached hydrogens (tertiary/aromatic N) is 2. The summed E-state index contributed by atoms with van der Waals surface area (Å²) in [7, 11) is 1.70. The molecule has 1 aliphatic heterocycles. The monoisotopic (exact) mass is 448 g/mol. The lowest BCUT2D eigenvalue weighted by molar-refractivity contribution is -0.137. The molecule has 0 spiro atoms. The Bertz CT molecular complexity index is 1030. The zero-order valence-electron chi connectivity index (χ0n) is 16.8. The van der Waals surface area contributed by atoms with E-state index in [1.807, 2.05) is 6.92 Å². The first kappa shape index (κ1) is 22.6. The molecule has 1 heterocycles. The Labute approximate surface area is 181 Å². The Morgan fingerprint density at radius 1 is 1.06 bits per heavy atom. The highest BCUT2D eigenvalue weighted by molar-refractivity contribution is 8.18. The third-order valence-corrected chi connectivity index (χ3v) is 5.68. The standard InChI is InChI=1S/C22H19F3N2O3S/c1-3-26(2)19(28)16-8-4-14(5-9-16)12-18-20(29)27(21(30)31-18)13-15-6-10-17(11-7-15)22(23,24)25/h4-12H,3,13H2,1-2H3. The van der Waals surface area contributed by atoms with E-state index in [1.165, 1.54) is 12.1 Å². The summed E-state index contributed by atoms with van der Waals surface area (Å²) in [6, 6.07) is 11.0. The second-order valence-corrected chi connectivity index (χ2v) is 7.90. The second kappa shape index (κ2) is 8.97. The highest BCUT2D eigenvalue weighted by Gasteiger charge is 2.35. The van der Waals surface area contributed by atoms with Crippen LogP contribution in [-0.2, 0) is 17.5 Å². The SMILES string of the molecule is CCN(C)C(=O)c1ccc(C=C2SC(=O)N(Cc3ccc(C(F)(F)F)cc3)C2=O)cc1. The van der Waals surface area contributed by atoms with Crippen molar-refractivity contribution >= 4 is 34.9 Å². The van der Waals surface area contributed by atoms with Crippen molar-refractivity contribution < 1.29 is 27.6 Å². The molecule has 0 N–H and O–H groups in total. The summed E-state index contributed by atoms with van der Waals surface area (Å²) < 4.78 is 38.0. The van der Waals surface area contributed by atoms with Crippen LogP contribution in [0.4, 0.5) is 18.0 Å². The molecule has 0 radical (unpaired) electrons.